The Morgan fingerprint density at radius 3 is 2.59 bits per heavy atom. The molecule has 0 saturated carbocycles. The van der Waals surface area contributed by atoms with Gasteiger partial charge < -0.3 is 10.6 Å². The Morgan fingerprint density at radius 1 is 1.31 bits per heavy atom. The molecule has 0 radical (unpaired) electrons. The summed E-state index contributed by atoms with van der Waals surface area (Å²) in [5.41, 5.74) is -0.305. The van der Waals surface area contributed by atoms with Gasteiger partial charge in [-0.3, -0.25) is 14.6 Å². The largest absolute Gasteiger partial charge is 0.418 e. The van der Waals surface area contributed by atoms with E-state index in [1.165, 1.54) is 18.5 Å². The minimum atomic E-state index is -4.69. The number of nitrogens with zero attached hydrogens (tertiary/aromatic N) is 3. The van der Waals surface area contributed by atoms with Gasteiger partial charge in [-0.1, -0.05) is 23.8 Å². The molecule has 0 fully saturated rings. The molecular formula is C20H19ClF3N5O2S. The van der Waals surface area contributed by atoms with Gasteiger partial charge in [0.1, 0.15) is 21.4 Å². The van der Waals surface area contributed by atoms with E-state index in [0.717, 1.165) is 17.5 Å². The van der Waals surface area contributed by atoms with Crippen LogP contribution in [0, 0.1) is 0 Å². The van der Waals surface area contributed by atoms with Crippen molar-refractivity contribution >= 4 is 46.8 Å². The lowest BCUT2D eigenvalue weighted by Crippen LogP contribution is -2.27. The molecule has 0 spiro atoms. The molecule has 2 heterocycles. The Labute approximate surface area is 191 Å². The van der Waals surface area contributed by atoms with Crippen LogP contribution < -0.4 is 10.6 Å². The van der Waals surface area contributed by atoms with Crippen LogP contribution in [0.15, 0.2) is 47.4 Å². The third-order valence-corrected chi connectivity index (χ3v) is 5.23. The fourth-order valence-corrected chi connectivity index (χ4v) is 3.39. The van der Waals surface area contributed by atoms with Crippen LogP contribution >= 0.6 is 22.9 Å². The zero-order valence-electron chi connectivity index (χ0n) is 17.2. The standard InChI is InChI=1S/C20H19ClF3N5O2S/c1-5-25-14(6-10(2)3)17(30)28-11(4)19-27-9-15(32-19)18(31)29-16-7-12(20(22,23)24)13(21)8-26-16/h5-9,11H,2H2,1,3-4H3,(H,28,30)(H,26,29,31)/b14-6-,25-5?/t11-/m1/s1. The SMILES string of the molecule is C=C(C)/C=C(\N=CC)C(=O)N[C@H](C)c1ncc(C(=O)Nc2cc(C(F)(F)F)c(Cl)cn2)s1. The molecule has 0 bridgehead atoms. The topological polar surface area (TPSA) is 96.3 Å². The van der Waals surface area contributed by atoms with Crippen molar-refractivity contribution in [3.05, 3.63) is 62.9 Å². The van der Waals surface area contributed by atoms with E-state index in [1.807, 2.05) is 0 Å². The predicted octanol–water partition coefficient (Wildman–Crippen LogP) is 5.19. The zero-order valence-corrected chi connectivity index (χ0v) is 18.8. The quantitative estimate of drug-likeness (QED) is 0.320. The summed E-state index contributed by atoms with van der Waals surface area (Å²) in [6.45, 7) is 8.78. The van der Waals surface area contributed by atoms with Gasteiger partial charge in [-0.25, -0.2) is 9.97 Å². The van der Waals surface area contributed by atoms with E-state index in [4.69, 9.17) is 11.6 Å². The van der Waals surface area contributed by atoms with E-state index in [-0.39, 0.29) is 16.4 Å². The van der Waals surface area contributed by atoms with E-state index in [9.17, 15) is 22.8 Å². The third-order valence-electron chi connectivity index (χ3n) is 3.75. The smallest absolute Gasteiger partial charge is 0.342 e. The molecular weight excluding hydrogens is 467 g/mol. The van der Waals surface area contributed by atoms with Gasteiger partial charge in [0.05, 0.1) is 22.8 Å². The average Bonchev–Trinajstić information content (AvgIpc) is 3.18. The molecule has 0 unspecified atom stereocenters. The monoisotopic (exact) mass is 485 g/mol. The fourth-order valence-electron chi connectivity index (χ4n) is 2.36. The van der Waals surface area contributed by atoms with Crippen LogP contribution in [-0.4, -0.2) is 28.0 Å². The van der Waals surface area contributed by atoms with Crippen molar-refractivity contribution in [3.8, 4) is 0 Å². The number of allylic oxidation sites excluding steroid dienone is 2. The second-order valence-corrected chi connectivity index (χ2v) is 7.99. The van der Waals surface area contributed by atoms with Gasteiger partial charge in [0.2, 0.25) is 0 Å². The molecule has 2 aromatic heterocycles. The van der Waals surface area contributed by atoms with E-state index in [0.29, 0.717) is 16.6 Å². The molecule has 32 heavy (non-hydrogen) atoms. The number of aromatic nitrogens is 2. The third kappa shape index (κ3) is 6.72. The molecule has 2 aromatic rings. The lowest BCUT2D eigenvalue weighted by molar-refractivity contribution is -0.137. The minimum absolute atomic E-state index is 0.121. The van der Waals surface area contributed by atoms with Crippen molar-refractivity contribution < 1.29 is 22.8 Å². The summed E-state index contributed by atoms with van der Waals surface area (Å²) >= 11 is 6.50. The van der Waals surface area contributed by atoms with E-state index >= 15 is 0 Å². The van der Waals surface area contributed by atoms with Crippen LogP contribution in [0.1, 0.15) is 47.1 Å². The summed E-state index contributed by atoms with van der Waals surface area (Å²) < 4.78 is 38.9. The Balaban J connectivity index is 2.12. The maximum absolute atomic E-state index is 13.0. The number of nitrogens with one attached hydrogen (secondary N) is 2. The number of carbonyl (C=O) groups is 2. The molecule has 0 saturated heterocycles. The first-order valence-electron chi connectivity index (χ1n) is 9.09. The number of alkyl halides is 3. The Bertz CT molecular complexity index is 1100. The number of halogens is 4. The maximum atomic E-state index is 13.0. The van der Waals surface area contributed by atoms with Crippen LogP contribution in [-0.2, 0) is 11.0 Å². The zero-order chi connectivity index (χ0) is 24.1. The van der Waals surface area contributed by atoms with Crippen molar-refractivity contribution in [3.63, 3.8) is 0 Å². The van der Waals surface area contributed by atoms with Gasteiger partial charge in [-0.2, -0.15) is 13.2 Å². The molecule has 2 rings (SSSR count). The minimum Gasteiger partial charge on any atom is -0.342 e. The molecule has 12 heteroatoms. The maximum Gasteiger partial charge on any atom is 0.418 e. The lowest BCUT2D eigenvalue weighted by atomic mass is 10.2. The summed E-state index contributed by atoms with van der Waals surface area (Å²) in [5, 5.41) is 4.84. The molecule has 0 aliphatic heterocycles. The van der Waals surface area contributed by atoms with Crippen LogP contribution in [0.5, 0.6) is 0 Å². The molecule has 0 aliphatic rings. The number of aliphatic imine (C=N–C) groups is 1. The summed E-state index contributed by atoms with van der Waals surface area (Å²) in [6.07, 6.45) is 0.374. The molecule has 7 nitrogen and oxygen atoms in total. The number of hydrogen-bond acceptors (Lipinski definition) is 6. The second-order valence-electron chi connectivity index (χ2n) is 6.52. The lowest BCUT2D eigenvalue weighted by Gasteiger charge is -2.11. The van der Waals surface area contributed by atoms with Crippen LogP contribution in [0.3, 0.4) is 0 Å². The highest BCUT2D eigenvalue weighted by molar-refractivity contribution is 7.13. The number of pyridine rings is 1. The van der Waals surface area contributed by atoms with Crippen molar-refractivity contribution in [1.29, 1.82) is 0 Å². The number of amides is 2. The molecule has 0 aliphatic carbocycles. The molecule has 0 aromatic carbocycles. The Morgan fingerprint density at radius 2 is 2.00 bits per heavy atom. The van der Waals surface area contributed by atoms with Gasteiger partial charge in [0.25, 0.3) is 11.8 Å². The molecule has 2 amide bonds. The first-order valence-corrected chi connectivity index (χ1v) is 10.3. The van der Waals surface area contributed by atoms with Crippen molar-refractivity contribution in [2.24, 2.45) is 4.99 Å². The van der Waals surface area contributed by atoms with E-state index in [2.05, 4.69) is 32.2 Å². The molecule has 2 N–H and O–H groups in total. The van der Waals surface area contributed by atoms with Crippen molar-refractivity contribution in [2.75, 3.05) is 5.32 Å². The highest BCUT2D eigenvalue weighted by Gasteiger charge is 2.34. The number of carbonyl (C=O) groups excluding carboxylic acids is 2. The average molecular weight is 486 g/mol. The highest BCUT2D eigenvalue weighted by Crippen LogP contribution is 2.35. The van der Waals surface area contributed by atoms with Crippen molar-refractivity contribution in [1.82, 2.24) is 15.3 Å². The number of rotatable bonds is 7. The first kappa shape index (κ1) is 25.2. The highest BCUT2D eigenvalue weighted by atomic mass is 35.5. The summed E-state index contributed by atoms with van der Waals surface area (Å²) in [4.78, 5) is 36.8. The van der Waals surface area contributed by atoms with Gasteiger partial charge >= 0.3 is 6.18 Å². The van der Waals surface area contributed by atoms with E-state index < -0.39 is 34.6 Å². The van der Waals surface area contributed by atoms with Gasteiger partial charge in [-0.05, 0) is 32.9 Å². The fraction of sp³-hybridized carbons (Fsp3) is 0.250. The number of anilines is 1. The summed E-state index contributed by atoms with van der Waals surface area (Å²) in [6, 6.07) is 0.0921. The van der Waals surface area contributed by atoms with Crippen LogP contribution in [0.25, 0.3) is 0 Å². The second kappa shape index (κ2) is 10.5. The van der Waals surface area contributed by atoms with E-state index in [1.54, 1.807) is 20.8 Å². The van der Waals surface area contributed by atoms with Gasteiger partial charge in [0, 0.05) is 12.4 Å². The molecule has 1 atom stereocenters. The summed E-state index contributed by atoms with van der Waals surface area (Å²) in [5.74, 6) is -1.46. The number of hydrogen-bond donors (Lipinski definition) is 2. The van der Waals surface area contributed by atoms with Crippen LogP contribution in [0.2, 0.25) is 5.02 Å². The number of thiazole rings is 1. The first-order chi connectivity index (χ1) is 14.9. The van der Waals surface area contributed by atoms with Crippen LogP contribution in [0.4, 0.5) is 19.0 Å². The predicted molar refractivity (Wildman–Crippen MR) is 118 cm³/mol. The normalized spacial score (nSPS) is 13.2. The van der Waals surface area contributed by atoms with Gasteiger partial charge in [0.15, 0.2) is 0 Å². The van der Waals surface area contributed by atoms with Crippen molar-refractivity contribution in [2.45, 2.75) is 33.0 Å². The molecule has 170 valence electrons. The Hall–Kier alpha value is -3.05. The Kier molecular flexibility index (Phi) is 8.28. The summed E-state index contributed by atoms with van der Waals surface area (Å²) in [7, 11) is 0. The van der Waals surface area contributed by atoms with Gasteiger partial charge in [-0.15, -0.1) is 11.3 Å².